The third-order valence-corrected chi connectivity index (χ3v) is 3.47. The van der Waals surface area contributed by atoms with E-state index in [0.717, 1.165) is 16.5 Å². The summed E-state index contributed by atoms with van der Waals surface area (Å²) in [5, 5.41) is 1.69. The van der Waals surface area contributed by atoms with Crippen molar-refractivity contribution in [3.63, 3.8) is 0 Å². The van der Waals surface area contributed by atoms with E-state index in [1.54, 1.807) is 13.7 Å². The maximum Gasteiger partial charge on any atom is 0.408 e. The number of hydrogen-bond acceptors (Lipinski definition) is 2. The molecule has 0 N–H and O–H groups in total. The molecule has 0 spiro atoms. The topological polar surface area (TPSA) is 22.1 Å². The molecule has 0 bridgehead atoms. The van der Waals surface area contributed by atoms with Gasteiger partial charge >= 0.3 is 7.48 Å². The lowest BCUT2D eigenvalue weighted by Crippen LogP contribution is -2.05. The van der Waals surface area contributed by atoms with E-state index >= 15 is 0 Å². The van der Waals surface area contributed by atoms with Crippen LogP contribution in [0.4, 0.5) is 0 Å². The van der Waals surface area contributed by atoms with Gasteiger partial charge in [-0.1, -0.05) is 48.0 Å². The Morgan fingerprint density at radius 1 is 1.05 bits per heavy atom. The predicted molar refractivity (Wildman–Crippen MR) is 88.6 cm³/mol. The van der Waals surface area contributed by atoms with Crippen molar-refractivity contribution in [2.24, 2.45) is 0 Å². The Kier molecular flexibility index (Phi) is 3.93. The van der Waals surface area contributed by atoms with Gasteiger partial charge in [0.1, 0.15) is 11.3 Å². The van der Waals surface area contributed by atoms with Gasteiger partial charge in [-0.3, -0.25) is 4.98 Å². The Bertz CT molecular complexity index is 798. The Balaban J connectivity index is 1.81. The van der Waals surface area contributed by atoms with Gasteiger partial charge in [0.2, 0.25) is 0 Å². The molecule has 21 heavy (non-hydrogen) atoms. The van der Waals surface area contributed by atoms with E-state index in [2.05, 4.69) is 11.6 Å². The van der Waals surface area contributed by atoms with Crippen LogP contribution in [0.25, 0.3) is 16.4 Å². The maximum atomic E-state index is 6.15. The van der Waals surface area contributed by atoms with Crippen LogP contribution in [0.1, 0.15) is 5.56 Å². The largest absolute Gasteiger partial charge is 0.556 e. The van der Waals surface area contributed by atoms with Crippen molar-refractivity contribution in [1.82, 2.24) is 4.98 Å². The summed E-state index contributed by atoms with van der Waals surface area (Å²) in [6, 6.07) is 17.3. The molecule has 0 saturated carbocycles. The fourth-order valence-corrected chi connectivity index (χ4v) is 2.35. The summed E-state index contributed by atoms with van der Waals surface area (Å²) in [7, 11) is 1.60. The van der Waals surface area contributed by atoms with E-state index in [9.17, 15) is 0 Å². The lowest BCUT2D eigenvalue weighted by atomic mass is 9.83. The third-order valence-electron chi connectivity index (χ3n) is 3.14. The second-order valence-electron chi connectivity index (χ2n) is 4.57. The smallest absolute Gasteiger partial charge is 0.408 e. The minimum absolute atomic E-state index is 0.651. The Labute approximate surface area is 129 Å². The number of rotatable bonds is 4. The zero-order chi connectivity index (χ0) is 14.7. The Morgan fingerprint density at radius 2 is 1.86 bits per heavy atom. The van der Waals surface area contributed by atoms with Crippen molar-refractivity contribution in [1.29, 1.82) is 0 Å². The van der Waals surface area contributed by atoms with Crippen molar-refractivity contribution in [3.05, 3.63) is 78.0 Å². The standard InChI is InChI=1S/C17H12BClNO/c1-12(14-8-2-3-9-15(14)19)18-21-16-10-4-6-13-7-5-11-20-17(13)16/h2-11H,1H2. The van der Waals surface area contributed by atoms with Crippen molar-refractivity contribution < 1.29 is 4.65 Å². The lowest BCUT2D eigenvalue weighted by Gasteiger charge is -2.10. The number of pyridine rings is 1. The zero-order valence-corrected chi connectivity index (χ0v) is 12.0. The van der Waals surface area contributed by atoms with Crippen molar-refractivity contribution in [2.75, 3.05) is 0 Å². The quantitative estimate of drug-likeness (QED) is 0.658. The van der Waals surface area contributed by atoms with Gasteiger partial charge in [-0.2, -0.15) is 0 Å². The molecular weight excluding hydrogens is 280 g/mol. The van der Waals surface area contributed by atoms with Gasteiger partial charge in [0, 0.05) is 16.6 Å². The van der Waals surface area contributed by atoms with Crippen LogP contribution in [0, 0.1) is 0 Å². The maximum absolute atomic E-state index is 6.15. The number of benzene rings is 2. The van der Waals surface area contributed by atoms with E-state index in [1.165, 1.54) is 0 Å². The molecule has 2 aromatic carbocycles. The molecule has 0 atom stereocenters. The molecule has 4 heteroatoms. The number of aromatic nitrogens is 1. The molecular formula is C17H12BClNO. The van der Waals surface area contributed by atoms with Crippen molar-refractivity contribution >= 4 is 35.5 Å². The summed E-state index contributed by atoms with van der Waals surface area (Å²) < 4.78 is 5.74. The van der Waals surface area contributed by atoms with Crippen LogP contribution in [0.15, 0.2) is 67.4 Å². The van der Waals surface area contributed by atoms with Gasteiger partial charge in [-0.15, -0.1) is 6.58 Å². The number of para-hydroxylation sites is 1. The predicted octanol–water partition coefficient (Wildman–Crippen LogP) is 4.56. The number of hydrogen-bond donors (Lipinski definition) is 0. The van der Waals surface area contributed by atoms with Crippen molar-refractivity contribution in [2.45, 2.75) is 0 Å². The van der Waals surface area contributed by atoms with E-state index in [0.29, 0.717) is 16.2 Å². The van der Waals surface area contributed by atoms with E-state index in [1.807, 2.05) is 54.6 Å². The number of halogens is 1. The first-order chi connectivity index (χ1) is 10.3. The third kappa shape index (κ3) is 2.93. The van der Waals surface area contributed by atoms with E-state index < -0.39 is 0 Å². The molecule has 0 unspecified atom stereocenters. The average molecular weight is 293 g/mol. The van der Waals surface area contributed by atoms with Crippen LogP contribution in [-0.4, -0.2) is 12.5 Å². The monoisotopic (exact) mass is 292 g/mol. The highest BCUT2D eigenvalue weighted by Gasteiger charge is 2.09. The Hall–Kier alpha value is -2.26. The fourth-order valence-electron chi connectivity index (χ4n) is 2.09. The molecule has 1 heterocycles. The molecule has 3 aromatic rings. The van der Waals surface area contributed by atoms with Crippen LogP contribution < -0.4 is 4.65 Å². The molecule has 0 aliphatic heterocycles. The Morgan fingerprint density at radius 3 is 2.71 bits per heavy atom. The molecule has 1 aromatic heterocycles. The van der Waals surface area contributed by atoms with Gasteiger partial charge in [-0.25, -0.2) is 0 Å². The zero-order valence-electron chi connectivity index (χ0n) is 11.3. The minimum Gasteiger partial charge on any atom is -0.556 e. The SMILES string of the molecule is C=C([B]Oc1cccc2cccnc12)c1ccccc1Cl. The van der Waals surface area contributed by atoms with Gasteiger partial charge in [0.05, 0.1) is 0 Å². The molecule has 0 aliphatic rings. The van der Waals surface area contributed by atoms with Gasteiger partial charge in [-0.05, 0) is 29.2 Å². The lowest BCUT2D eigenvalue weighted by molar-refractivity contribution is 0.611. The van der Waals surface area contributed by atoms with Crippen LogP contribution >= 0.6 is 11.6 Å². The van der Waals surface area contributed by atoms with Gasteiger partial charge < -0.3 is 4.65 Å². The highest BCUT2D eigenvalue weighted by Crippen LogP contribution is 2.25. The van der Waals surface area contributed by atoms with Gasteiger partial charge in [0.15, 0.2) is 0 Å². The van der Waals surface area contributed by atoms with Crippen LogP contribution in [0.5, 0.6) is 5.75 Å². The first-order valence-corrected chi connectivity index (χ1v) is 6.91. The van der Waals surface area contributed by atoms with Crippen LogP contribution in [0.2, 0.25) is 5.02 Å². The molecule has 0 aliphatic carbocycles. The molecule has 3 rings (SSSR count). The molecule has 0 saturated heterocycles. The van der Waals surface area contributed by atoms with E-state index in [4.69, 9.17) is 16.3 Å². The molecule has 0 fully saturated rings. The summed E-state index contributed by atoms with van der Waals surface area (Å²) >= 11 is 6.15. The number of fused-ring (bicyclic) bond motifs is 1. The first kappa shape index (κ1) is 13.7. The highest BCUT2D eigenvalue weighted by atomic mass is 35.5. The van der Waals surface area contributed by atoms with Gasteiger partial charge in [0.25, 0.3) is 0 Å². The fraction of sp³-hybridized carbons (Fsp3) is 0. The number of nitrogens with zero attached hydrogens (tertiary/aromatic N) is 1. The summed E-state index contributed by atoms with van der Waals surface area (Å²) in [4.78, 5) is 4.35. The van der Waals surface area contributed by atoms with Crippen LogP contribution in [-0.2, 0) is 0 Å². The molecule has 1 radical (unpaired) electrons. The second kappa shape index (κ2) is 6.02. The summed E-state index contributed by atoms with van der Waals surface area (Å²) in [5.74, 6) is 0.696. The molecule has 0 amide bonds. The molecule has 2 nitrogen and oxygen atoms in total. The molecule has 101 valence electrons. The van der Waals surface area contributed by atoms with Crippen molar-refractivity contribution in [3.8, 4) is 5.75 Å². The van der Waals surface area contributed by atoms with Crippen LogP contribution in [0.3, 0.4) is 0 Å². The summed E-state index contributed by atoms with van der Waals surface area (Å²) in [6.45, 7) is 4.00. The first-order valence-electron chi connectivity index (χ1n) is 6.53. The highest BCUT2D eigenvalue weighted by molar-refractivity contribution is 6.56. The summed E-state index contributed by atoms with van der Waals surface area (Å²) in [6.07, 6.45) is 1.75. The normalized spacial score (nSPS) is 10.3. The second-order valence-corrected chi connectivity index (χ2v) is 4.98. The summed E-state index contributed by atoms with van der Waals surface area (Å²) in [5.41, 5.74) is 2.39. The van der Waals surface area contributed by atoms with E-state index in [-0.39, 0.29) is 0 Å². The average Bonchev–Trinajstić information content (AvgIpc) is 2.53. The minimum atomic E-state index is 0.651.